The lowest BCUT2D eigenvalue weighted by Crippen LogP contribution is -2.25. The molecule has 0 aliphatic rings. The largest absolute Gasteiger partial charge is 0.491 e. The van der Waals surface area contributed by atoms with Crippen molar-refractivity contribution in [1.82, 2.24) is 0 Å². The average molecular weight is 321 g/mol. The smallest absolute Gasteiger partial charge is 0.122 e. The number of nitrogens with one attached hydrogen (secondary N) is 1. The Balaban J connectivity index is 1.80. The number of aliphatic hydroxyl groups excluding tert-OH is 1. The molecule has 0 bridgehead atoms. The molecule has 6 heteroatoms. The molecule has 2 aromatic rings. The zero-order chi connectivity index (χ0) is 15.9. The standard InChI is InChI=1S/C16H17ClN2O3/c17-12-4-6-14(7-5-12)21-9-13(20)10-22-15-3-1-2-11(8-15)16(18)19/h1-8,13,20H,9-10H2,(H3,18,19). The van der Waals surface area contributed by atoms with E-state index in [1.54, 1.807) is 48.5 Å². The van der Waals surface area contributed by atoms with E-state index < -0.39 is 6.10 Å². The molecule has 5 nitrogen and oxygen atoms in total. The predicted molar refractivity (Wildman–Crippen MR) is 85.9 cm³/mol. The van der Waals surface area contributed by atoms with Gasteiger partial charge in [-0.25, -0.2) is 0 Å². The summed E-state index contributed by atoms with van der Waals surface area (Å²) >= 11 is 5.78. The van der Waals surface area contributed by atoms with Gasteiger partial charge >= 0.3 is 0 Å². The fourth-order valence-electron chi connectivity index (χ4n) is 1.72. The maximum Gasteiger partial charge on any atom is 0.122 e. The molecule has 1 atom stereocenters. The number of hydrogen-bond acceptors (Lipinski definition) is 4. The van der Waals surface area contributed by atoms with Crippen LogP contribution in [0.2, 0.25) is 5.02 Å². The van der Waals surface area contributed by atoms with E-state index in [0.717, 1.165) is 0 Å². The lowest BCUT2D eigenvalue weighted by Gasteiger charge is -2.14. The molecule has 0 fully saturated rings. The second-order valence-electron chi connectivity index (χ2n) is 4.67. The summed E-state index contributed by atoms with van der Waals surface area (Å²) in [5.74, 6) is 1.14. The number of halogens is 1. The lowest BCUT2D eigenvalue weighted by molar-refractivity contribution is 0.0626. The van der Waals surface area contributed by atoms with Crippen molar-refractivity contribution in [2.24, 2.45) is 5.73 Å². The third-order valence-electron chi connectivity index (χ3n) is 2.84. The monoisotopic (exact) mass is 320 g/mol. The second kappa shape index (κ2) is 7.68. The van der Waals surface area contributed by atoms with Crippen LogP contribution < -0.4 is 15.2 Å². The van der Waals surface area contributed by atoms with E-state index in [0.29, 0.717) is 22.1 Å². The maximum atomic E-state index is 9.86. The van der Waals surface area contributed by atoms with Gasteiger partial charge in [0.2, 0.25) is 0 Å². The van der Waals surface area contributed by atoms with E-state index in [-0.39, 0.29) is 19.0 Å². The molecule has 2 rings (SSSR count). The van der Waals surface area contributed by atoms with Crippen LogP contribution in [0.5, 0.6) is 11.5 Å². The number of benzene rings is 2. The molecule has 1 unspecified atom stereocenters. The zero-order valence-electron chi connectivity index (χ0n) is 11.8. The Bertz CT molecular complexity index is 632. The molecule has 0 saturated carbocycles. The minimum atomic E-state index is -0.781. The van der Waals surface area contributed by atoms with Crippen molar-refractivity contribution in [1.29, 1.82) is 5.41 Å². The SMILES string of the molecule is N=C(N)c1cccc(OCC(O)COc2ccc(Cl)cc2)c1. The summed E-state index contributed by atoms with van der Waals surface area (Å²) in [7, 11) is 0. The number of nitrogen functional groups attached to an aromatic ring is 1. The maximum absolute atomic E-state index is 9.86. The molecule has 0 saturated heterocycles. The minimum absolute atomic E-state index is 0.0305. The van der Waals surface area contributed by atoms with Gasteiger partial charge in [0.25, 0.3) is 0 Å². The molecule has 0 radical (unpaired) electrons. The lowest BCUT2D eigenvalue weighted by atomic mass is 10.2. The molecule has 0 aromatic heterocycles. The topological polar surface area (TPSA) is 88.6 Å². The third-order valence-corrected chi connectivity index (χ3v) is 3.10. The minimum Gasteiger partial charge on any atom is -0.491 e. The van der Waals surface area contributed by atoms with Crippen LogP contribution in [0.15, 0.2) is 48.5 Å². The van der Waals surface area contributed by atoms with Crippen LogP contribution in [0.4, 0.5) is 0 Å². The Morgan fingerprint density at radius 1 is 1.09 bits per heavy atom. The summed E-state index contributed by atoms with van der Waals surface area (Å²) in [6.45, 7) is 0.184. The first kappa shape index (κ1) is 16.1. The van der Waals surface area contributed by atoms with Gasteiger partial charge in [0.1, 0.15) is 36.7 Å². The Morgan fingerprint density at radius 3 is 2.36 bits per heavy atom. The summed E-state index contributed by atoms with van der Waals surface area (Å²) in [4.78, 5) is 0. The van der Waals surface area contributed by atoms with Gasteiger partial charge in [0, 0.05) is 10.6 Å². The normalized spacial score (nSPS) is 11.7. The highest BCUT2D eigenvalue weighted by molar-refractivity contribution is 6.30. The van der Waals surface area contributed by atoms with Crippen LogP contribution in [-0.2, 0) is 0 Å². The summed E-state index contributed by atoms with van der Waals surface area (Å²) in [6, 6.07) is 13.7. The van der Waals surface area contributed by atoms with Gasteiger partial charge < -0.3 is 20.3 Å². The number of aliphatic hydroxyl groups is 1. The van der Waals surface area contributed by atoms with Crippen LogP contribution in [0.1, 0.15) is 5.56 Å². The fraction of sp³-hybridized carbons (Fsp3) is 0.188. The number of nitrogens with two attached hydrogens (primary N) is 1. The molecule has 0 heterocycles. The van der Waals surface area contributed by atoms with Gasteiger partial charge in [0.05, 0.1) is 0 Å². The van der Waals surface area contributed by atoms with Gasteiger partial charge in [-0.05, 0) is 36.4 Å². The summed E-state index contributed by atoms with van der Waals surface area (Å²) in [6.07, 6.45) is -0.781. The van der Waals surface area contributed by atoms with Crippen LogP contribution >= 0.6 is 11.6 Å². The van der Waals surface area contributed by atoms with E-state index in [4.69, 9.17) is 32.2 Å². The zero-order valence-corrected chi connectivity index (χ0v) is 12.6. The molecule has 4 N–H and O–H groups in total. The van der Waals surface area contributed by atoms with Gasteiger partial charge in [-0.2, -0.15) is 0 Å². The summed E-state index contributed by atoms with van der Waals surface area (Å²) in [5, 5.41) is 17.9. The van der Waals surface area contributed by atoms with Gasteiger partial charge in [-0.3, -0.25) is 5.41 Å². The third kappa shape index (κ3) is 4.95. The molecule has 0 aliphatic heterocycles. The van der Waals surface area contributed by atoms with Crippen LogP contribution in [0, 0.1) is 5.41 Å². The highest BCUT2D eigenvalue weighted by Gasteiger charge is 2.07. The van der Waals surface area contributed by atoms with Gasteiger partial charge in [-0.1, -0.05) is 23.7 Å². The average Bonchev–Trinajstić information content (AvgIpc) is 2.52. The molecule has 0 aliphatic carbocycles. The molecule has 22 heavy (non-hydrogen) atoms. The first-order valence-corrected chi connectivity index (χ1v) is 7.06. The van der Waals surface area contributed by atoms with Gasteiger partial charge in [0.15, 0.2) is 0 Å². The van der Waals surface area contributed by atoms with E-state index in [1.807, 2.05) is 0 Å². The van der Waals surface area contributed by atoms with Crippen molar-refractivity contribution in [2.45, 2.75) is 6.10 Å². The molecule has 0 spiro atoms. The highest BCUT2D eigenvalue weighted by Crippen LogP contribution is 2.16. The molecular formula is C16H17ClN2O3. The molecule has 0 amide bonds. The van der Waals surface area contributed by atoms with Crippen molar-refractivity contribution >= 4 is 17.4 Å². The second-order valence-corrected chi connectivity index (χ2v) is 5.11. The van der Waals surface area contributed by atoms with Crippen LogP contribution in [-0.4, -0.2) is 30.3 Å². The number of ether oxygens (including phenoxy) is 2. The van der Waals surface area contributed by atoms with Crippen molar-refractivity contribution < 1.29 is 14.6 Å². The predicted octanol–water partition coefficient (Wildman–Crippen LogP) is 2.44. The van der Waals surface area contributed by atoms with Crippen molar-refractivity contribution in [3.05, 3.63) is 59.1 Å². The fourth-order valence-corrected chi connectivity index (χ4v) is 1.84. The van der Waals surface area contributed by atoms with Crippen molar-refractivity contribution in [3.8, 4) is 11.5 Å². The van der Waals surface area contributed by atoms with Crippen molar-refractivity contribution in [3.63, 3.8) is 0 Å². The number of rotatable bonds is 7. The Hall–Kier alpha value is -2.24. The first-order valence-electron chi connectivity index (χ1n) is 6.68. The quantitative estimate of drug-likeness (QED) is 0.540. The Morgan fingerprint density at radius 2 is 1.73 bits per heavy atom. The van der Waals surface area contributed by atoms with E-state index in [9.17, 15) is 5.11 Å². The summed E-state index contributed by atoms with van der Waals surface area (Å²) < 4.78 is 10.9. The highest BCUT2D eigenvalue weighted by atomic mass is 35.5. The van der Waals surface area contributed by atoms with Crippen molar-refractivity contribution in [2.75, 3.05) is 13.2 Å². The Labute approximate surface area is 133 Å². The van der Waals surface area contributed by atoms with E-state index >= 15 is 0 Å². The summed E-state index contributed by atoms with van der Waals surface area (Å²) in [5.41, 5.74) is 5.98. The van der Waals surface area contributed by atoms with Crippen LogP contribution in [0.25, 0.3) is 0 Å². The molecule has 2 aromatic carbocycles. The molecular weight excluding hydrogens is 304 g/mol. The number of amidine groups is 1. The van der Waals surface area contributed by atoms with Gasteiger partial charge in [-0.15, -0.1) is 0 Å². The van der Waals surface area contributed by atoms with E-state index in [1.165, 1.54) is 0 Å². The molecule has 116 valence electrons. The first-order chi connectivity index (χ1) is 10.5. The van der Waals surface area contributed by atoms with Crippen LogP contribution in [0.3, 0.4) is 0 Å². The number of hydrogen-bond donors (Lipinski definition) is 3. The van der Waals surface area contributed by atoms with E-state index in [2.05, 4.69) is 0 Å². The Kier molecular flexibility index (Phi) is 5.63.